The fourth-order valence-electron chi connectivity index (χ4n) is 4.05. The molecule has 4 atom stereocenters. The Bertz CT molecular complexity index is 516. The summed E-state index contributed by atoms with van der Waals surface area (Å²) in [5, 5.41) is 9.73. The number of carbonyl (C=O) groups is 1. The number of carbonyl (C=O) groups excluding carboxylic acids is 1. The monoisotopic (exact) mass is 275 g/mol. The number of methoxy groups -OCH3 is 1. The van der Waals surface area contributed by atoms with Crippen LogP contribution in [0.3, 0.4) is 0 Å². The van der Waals surface area contributed by atoms with Gasteiger partial charge in [-0.3, -0.25) is 9.69 Å². The van der Waals surface area contributed by atoms with Crippen LogP contribution in [0.1, 0.15) is 30.7 Å². The van der Waals surface area contributed by atoms with Gasteiger partial charge in [0.25, 0.3) is 0 Å². The number of phenols is 1. The van der Waals surface area contributed by atoms with Crippen molar-refractivity contribution in [3.8, 4) is 5.75 Å². The smallest absolute Gasteiger partial charge is 0.309 e. The lowest BCUT2D eigenvalue weighted by Gasteiger charge is -2.42. The molecule has 0 saturated carbocycles. The Morgan fingerprint density at radius 2 is 2.20 bits per heavy atom. The third kappa shape index (κ3) is 2.08. The van der Waals surface area contributed by atoms with Gasteiger partial charge in [0.1, 0.15) is 5.75 Å². The van der Waals surface area contributed by atoms with E-state index in [0.29, 0.717) is 12.1 Å². The lowest BCUT2D eigenvalue weighted by molar-refractivity contribution is -0.149. The van der Waals surface area contributed by atoms with Crippen LogP contribution in [0.5, 0.6) is 5.75 Å². The largest absolute Gasteiger partial charge is 0.508 e. The summed E-state index contributed by atoms with van der Waals surface area (Å²) >= 11 is 0. The number of esters is 1. The lowest BCUT2D eigenvalue weighted by Crippen LogP contribution is -2.47. The molecule has 108 valence electrons. The molecule has 2 aliphatic rings. The minimum absolute atomic E-state index is 0.101. The van der Waals surface area contributed by atoms with Gasteiger partial charge in [-0.25, -0.2) is 0 Å². The molecule has 2 saturated heterocycles. The summed E-state index contributed by atoms with van der Waals surface area (Å²) in [4.78, 5) is 14.6. The predicted molar refractivity (Wildman–Crippen MR) is 75.5 cm³/mol. The molecule has 0 amide bonds. The highest BCUT2D eigenvalue weighted by Gasteiger charge is 2.49. The molecule has 0 radical (unpaired) electrons. The van der Waals surface area contributed by atoms with Gasteiger partial charge in [0.2, 0.25) is 0 Å². The first-order valence-electron chi connectivity index (χ1n) is 7.20. The van der Waals surface area contributed by atoms with Crippen LogP contribution in [0.15, 0.2) is 24.3 Å². The Morgan fingerprint density at radius 3 is 2.90 bits per heavy atom. The highest BCUT2D eigenvalue weighted by atomic mass is 16.5. The lowest BCUT2D eigenvalue weighted by atomic mass is 9.76. The van der Waals surface area contributed by atoms with Crippen LogP contribution in [-0.2, 0) is 9.53 Å². The highest BCUT2D eigenvalue weighted by molar-refractivity contribution is 5.74. The van der Waals surface area contributed by atoms with E-state index >= 15 is 0 Å². The van der Waals surface area contributed by atoms with Crippen molar-refractivity contribution in [2.45, 2.75) is 37.3 Å². The molecule has 0 unspecified atom stereocenters. The molecular formula is C16H21NO3. The molecule has 4 nitrogen and oxygen atoms in total. The summed E-state index contributed by atoms with van der Waals surface area (Å²) in [7, 11) is 3.60. The first-order valence-corrected chi connectivity index (χ1v) is 7.20. The third-order valence-corrected chi connectivity index (χ3v) is 5.03. The van der Waals surface area contributed by atoms with Crippen molar-refractivity contribution in [3.05, 3.63) is 29.8 Å². The van der Waals surface area contributed by atoms with E-state index in [2.05, 4.69) is 11.9 Å². The van der Waals surface area contributed by atoms with E-state index in [1.807, 2.05) is 12.1 Å². The molecule has 3 rings (SSSR count). The fraction of sp³-hybridized carbons (Fsp3) is 0.562. The van der Waals surface area contributed by atoms with Crippen LogP contribution in [0.2, 0.25) is 0 Å². The minimum Gasteiger partial charge on any atom is -0.508 e. The van der Waals surface area contributed by atoms with E-state index in [-0.39, 0.29) is 23.6 Å². The molecule has 0 aliphatic carbocycles. The van der Waals surface area contributed by atoms with Crippen LogP contribution >= 0.6 is 0 Å². The second-order valence-corrected chi connectivity index (χ2v) is 5.95. The predicted octanol–water partition coefficient (Wildman–Crippen LogP) is 2.13. The van der Waals surface area contributed by atoms with Gasteiger partial charge in [0, 0.05) is 18.0 Å². The van der Waals surface area contributed by atoms with E-state index in [1.54, 1.807) is 12.1 Å². The Kier molecular flexibility index (Phi) is 3.42. The molecule has 2 fully saturated rings. The van der Waals surface area contributed by atoms with E-state index in [4.69, 9.17) is 4.74 Å². The van der Waals surface area contributed by atoms with Crippen molar-refractivity contribution < 1.29 is 14.6 Å². The summed E-state index contributed by atoms with van der Waals surface area (Å²) in [6.07, 6.45) is 3.10. The van der Waals surface area contributed by atoms with Gasteiger partial charge < -0.3 is 9.84 Å². The van der Waals surface area contributed by atoms with Crippen molar-refractivity contribution in [3.63, 3.8) is 0 Å². The second-order valence-electron chi connectivity index (χ2n) is 5.95. The zero-order chi connectivity index (χ0) is 14.3. The Hall–Kier alpha value is -1.55. The number of nitrogens with zero attached hydrogens (tertiary/aromatic N) is 1. The molecule has 20 heavy (non-hydrogen) atoms. The van der Waals surface area contributed by atoms with Crippen molar-refractivity contribution in [2.24, 2.45) is 5.92 Å². The van der Waals surface area contributed by atoms with Crippen LogP contribution < -0.4 is 0 Å². The van der Waals surface area contributed by atoms with Crippen molar-refractivity contribution >= 4 is 5.97 Å². The zero-order valence-electron chi connectivity index (χ0n) is 12.0. The first-order chi connectivity index (χ1) is 9.61. The summed E-state index contributed by atoms with van der Waals surface area (Å²) in [6, 6.07) is 8.15. The zero-order valence-corrected chi connectivity index (χ0v) is 12.0. The standard InChI is InChI=1S/C16H21NO3/c1-17-11-6-7-14(17)15(13(9-11)16(19)20-2)10-4-3-5-12(18)8-10/h3-5,8,11,13-15,18H,6-7,9H2,1-2H3/t11-,13-,14-,15+/m1/s1. The summed E-state index contributed by atoms with van der Waals surface area (Å²) in [5.41, 5.74) is 1.04. The average molecular weight is 275 g/mol. The maximum atomic E-state index is 12.2. The van der Waals surface area contributed by atoms with Crippen molar-refractivity contribution in [1.82, 2.24) is 4.90 Å². The minimum atomic E-state index is -0.122. The SMILES string of the molecule is COC(=O)[C@@H]1C[C@H]2CC[C@H]([C@H]1c1cccc(O)c1)N2C. The van der Waals surface area contributed by atoms with Crippen LogP contribution in [0.4, 0.5) is 0 Å². The number of phenolic OH excluding ortho intramolecular Hbond substituents is 1. The summed E-state index contributed by atoms with van der Waals surface area (Å²) in [5.74, 6) is 0.144. The molecule has 1 aromatic carbocycles. The number of ether oxygens (including phenoxy) is 1. The van der Waals surface area contributed by atoms with E-state index in [1.165, 1.54) is 7.11 Å². The summed E-state index contributed by atoms with van der Waals surface area (Å²) < 4.78 is 5.01. The van der Waals surface area contributed by atoms with Gasteiger partial charge in [-0.15, -0.1) is 0 Å². The molecule has 1 aromatic rings. The number of aromatic hydroxyl groups is 1. The van der Waals surface area contributed by atoms with Crippen molar-refractivity contribution in [2.75, 3.05) is 14.2 Å². The van der Waals surface area contributed by atoms with E-state index in [9.17, 15) is 9.90 Å². The number of hydrogen-bond donors (Lipinski definition) is 1. The molecule has 2 heterocycles. The third-order valence-electron chi connectivity index (χ3n) is 5.03. The number of fused-ring (bicyclic) bond motifs is 2. The van der Waals surface area contributed by atoms with Crippen molar-refractivity contribution in [1.29, 1.82) is 0 Å². The average Bonchev–Trinajstić information content (AvgIpc) is 2.69. The maximum Gasteiger partial charge on any atom is 0.309 e. The number of piperidine rings is 1. The molecule has 2 bridgehead atoms. The first kappa shape index (κ1) is 13.4. The Labute approximate surface area is 119 Å². The van der Waals surface area contributed by atoms with E-state index < -0.39 is 0 Å². The topological polar surface area (TPSA) is 49.8 Å². The number of likely N-dealkylation sites (N-methyl/N-ethyl adjacent to an activating group) is 1. The van der Waals surface area contributed by atoms with Crippen LogP contribution in [0.25, 0.3) is 0 Å². The fourth-order valence-corrected chi connectivity index (χ4v) is 4.05. The summed E-state index contributed by atoms with van der Waals surface area (Å²) in [6.45, 7) is 0. The number of benzene rings is 1. The van der Waals surface area contributed by atoms with Gasteiger partial charge in [0.05, 0.1) is 13.0 Å². The highest BCUT2D eigenvalue weighted by Crippen LogP contribution is 2.47. The van der Waals surface area contributed by atoms with E-state index in [0.717, 1.165) is 24.8 Å². The van der Waals surface area contributed by atoms with Gasteiger partial charge in [0.15, 0.2) is 0 Å². The van der Waals surface area contributed by atoms with Gasteiger partial charge >= 0.3 is 5.97 Å². The number of hydrogen-bond acceptors (Lipinski definition) is 4. The Morgan fingerprint density at radius 1 is 1.40 bits per heavy atom. The van der Waals surface area contributed by atoms with Crippen LogP contribution in [0, 0.1) is 5.92 Å². The van der Waals surface area contributed by atoms with Crippen LogP contribution in [-0.4, -0.2) is 42.2 Å². The maximum absolute atomic E-state index is 12.2. The molecule has 4 heteroatoms. The number of rotatable bonds is 2. The van der Waals surface area contributed by atoms with Gasteiger partial charge in [-0.05, 0) is 44.0 Å². The normalized spacial score (nSPS) is 33.1. The molecule has 2 aliphatic heterocycles. The van der Waals surface area contributed by atoms with Gasteiger partial charge in [-0.1, -0.05) is 12.1 Å². The molecular weight excluding hydrogens is 254 g/mol. The second kappa shape index (κ2) is 5.09. The molecule has 1 N–H and O–H groups in total. The van der Waals surface area contributed by atoms with Gasteiger partial charge in [-0.2, -0.15) is 0 Å². The molecule has 0 aromatic heterocycles. The molecule has 0 spiro atoms. The quantitative estimate of drug-likeness (QED) is 0.840. The Balaban J connectivity index is 2.00.